The molecule has 2 aromatic carbocycles. The second-order valence-electron chi connectivity index (χ2n) is 7.66. The van der Waals surface area contributed by atoms with Crippen molar-refractivity contribution in [3.05, 3.63) is 75.8 Å². The highest BCUT2D eigenvalue weighted by atomic mass is 16.5. The van der Waals surface area contributed by atoms with Crippen LogP contribution in [0.4, 0.5) is 0 Å². The smallest absolute Gasteiger partial charge is 0.265 e. The van der Waals surface area contributed by atoms with Crippen molar-refractivity contribution in [2.75, 3.05) is 13.7 Å². The van der Waals surface area contributed by atoms with Crippen molar-refractivity contribution < 1.29 is 4.74 Å². The highest BCUT2D eigenvalue weighted by Crippen LogP contribution is 2.25. The summed E-state index contributed by atoms with van der Waals surface area (Å²) >= 11 is 0. The van der Waals surface area contributed by atoms with Gasteiger partial charge < -0.3 is 4.74 Å². The molecule has 160 valence electrons. The summed E-state index contributed by atoms with van der Waals surface area (Å²) in [5.41, 5.74) is 4.77. The van der Waals surface area contributed by atoms with Gasteiger partial charge in [0.1, 0.15) is 16.7 Å². The third kappa shape index (κ3) is 3.34. The molecule has 3 heterocycles. The largest absolute Gasteiger partial charge is 0.383 e. The molecule has 0 saturated heterocycles. The van der Waals surface area contributed by atoms with E-state index in [9.17, 15) is 4.79 Å². The van der Waals surface area contributed by atoms with Gasteiger partial charge in [-0.05, 0) is 31.5 Å². The lowest BCUT2D eigenvalue weighted by Crippen LogP contribution is -2.25. The molecular weight excluding hydrogens is 404 g/mol. The number of nitrogens with zero attached hydrogens (tertiary/aromatic N) is 6. The Morgan fingerprint density at radius 2 is 1.78 bits per heavy atom. The number of aryl methyl sites for hydroxylation is 2. The van der Waals surface area contributed by atoms with Crippen LogP contribution >= 0.6 is 0 Å². The SMILES string of the molecule is COCCn1c(C)nc2c(c1=O)c1nc3ccccc3nc1n2/N=C\c1cccc(C)c1. The van der Waals surface area contributed by atoms with Crippen LogP contribution in [0.15, 0.2) is 58.4 Å². The first-order chi connectivity index (χ1) is 15.6. The standard InChI is InChI=1S/C24H22N6O2/c1-15-7-6-8-17(13-15)14-25-30-22-20(24(31)29(11-12-32-3)16(2)26-22)21-23(30)28-19-10-5-4-9-18(19)27-21/h4-10,13-14H,11-12H2,1-3H3/b25-14-. The third-order valence-electron chi connectivity index (χ3n) is 5.41. The lowest BCUT2D eigenvalue weighted by Gasteiger charge is -2.08. The normalized spacial score (nSPS) is 12.0. The van der Waals surface area contributed by atoms with Crippen molar-refractivity contribution in [2.24, 2.45) is 5.10 Å². The summed E-state index contributed by atoms with van der Waals surface area (Å²) in [7, 11) is 1.61. The molecule has 0 amide bonds. The van der Waals surface area contributed by atoms with Gasteiger partial charge in [-0.3, -0.25) is 9.36 Å². The lowest BCUT2D eigenvalue weighted by atomic mass is 10.2. The minimum atomic E-state index is -0.177. The monoisotopic (exact) mass is 426 g/mol. The Hall–Kier alpha value is -3.91. The van der Waals surface area contributed by atoms with E-state index in [1.54, 1.807) is 29.5 Å². The van der Waals surface area contributed by atoms with E-state index in [-0.39, 0.29) is 5.56 Å². The predicted octanol–water partition coefficient (Wildman–Crippen LogP) is 3.44. The molecule has 0 unspecified atom stereocenters. The molecule has 0 radical (unpaired) electrons. The summed E-state index contributed by atoms with van der Waals surface area (Å²) in [4.78, 5) is 27.7. The number of fused-ring (bicyclic) bond motifs is 4. The molecule has 0 saturated carbocycles. The van der Waals surface area contributed by atoms with Crippen LogP contribution in [0, 0.1) is 13.8 Å². The molecule has 5 aromatic rings. The number of methoxy groups -OCH3 is 1. The van der Waals surface area contributed by atoms with Crippen molar-refractivity contribution in [1.29, 1.82) is 0 Å². The molecule has 0 aliphatic heterocycles. The molecule has 0 aliphatic rings. The molecule has 8 heteroatoms. The summed E-state index contributed by atoms with van der Waals surface area (Å²) < 4.78 is 8.39. The molecule has 3 aromatic heterocycles. The summed E-state index contributed by atoms with van der Waals surface area (Å²) in [5.74, 6) is 0.582. The Balaban J connectivity index is 1.84. The van der Waals surface area contributed by atoms with Gasteiger partial charge in [0, 0.05) is 7.11 Å². The molecule has 0 bridgehead atoms. The maximum atomic E-state index is 13.5. The van der Waals surface area contributed by atoms with Gasteiger partial charge in [-0.25, -0.2) is 15.0 Å². The number of aromatic nitrogens is 5. The van der Waals surface area contributed by atoms with Crippen LogP contribution in [0.2, 0.25) is 0 Å². The minimum Gasteiger partial charge on any atom is -0.383 e. The van der Waals surface area contributed by atoms with Gasteiger partial charge in [0.2, 0.25) is 0 Å². The van der Waals surface area contributed by atoms with E-state index < -0.39 is 0 Å². The summed E-state index contributed by atoms with van der Waals surface area (Å²) in [6, 6.07) is 15.6. The van der Waals surface area contributed by atoms with Gasteiger partial charge >= 0.3 is 0 Å². The van der Waals surface area contributed by atoms with Crippen LogP contribution in [0.1, 0.15) is 17.0 Å². The van der Waals surface area contributed by atoms with Gasteiger partial charge in [-0.15, -0.1) is 0 Å². The van der Waals surface area contributed by atoms with E-state index in [1.807, 2.05) is 55.5 Å². The van der Waals surface area contributed by atoms with Gasteiger partial charge in [-0.1, -0.05) is 42.0 Å². The fraction of sp³-hybridized carbons (Fsp3) is 0.208. The molecule has 0 fully saturated rings. The second kappa shape index (κ2) is 7.97. The maximum Gasteiger partial charge on any atom is 0.265 e. The van der Waals surface area contributed by atoms with Crippen LogP contribution in [0.25, 0.3) is 33.2 Å². The van der Waals surface area contributed by atoms with Crippen molar-refractivity contribution in [3.8, 4) is 0 Å². The first-order valence-electron chi connectivity index (χ1n) is 10.3. The van der Waals surface area contributed by atoms with E-state index in [1.165, 1.54) is 0 Å². The van der Waals surface area contributed by atoms with Gasteiger partial charge in [0.25, 0.3) is 5.56 Å². The zero-order chi connectivity index (χ0) is 22.2. The summed E-state index contributed by atoms with van der Waals surface area (Å²) in [6.45, 7) is 4.65. The number of hydrogen-bond donors (Lipinski definition) is 0. The zero-order valence-electron chi connectivity index (χ0n) is 18.1. The maximum absolute atomic E-state index is 13.5. The average molecular weight is 426 g/mol. The Labute approximate surface area is 183 Å². The Morgan fingerprint density at radius 1 is 1.00 bits per heavy atom. The number of para-hydroxylation sites is 2. The van der Waals surface area contributed by atoms with E-state index in [0.29, 0.717) is 46.7 Å². The van der Waals surface area contributed by atoms with Crippen molar-refractivity contribution >= 4 is 39.4 Å². The molecule has 8 nitrogen and oxygen atoms in total. The van der Waals surface area contributed by atoms with Crippen molar-refractivity contribution in [2.45, 2.75) is 20.4 Å². The van der Waals surface area contributed by atoms with E-state index in [2.05, 4.69) is 5.10 Å². The van der Waals surface area contributed by atoms with Gasteiger partial charge in [0.05, 0.1) is 30.4 Å². The van der Waals surface area contributed by atoms with Crippen LogP contribution < -0.4 is 5.56 Å². The van der Waals surface area contributed by atoms with Crippen LogP contribution in [-0.2, 0) is 11.3 Å². The molecule has 0 aliphatic carbocycles. The molecule has 0 spiro atoms. The molecular formula is C24H22N6O2. The Bertz CT molecular complexity index is 1560. The van der Waals surface area contributed by atoms with E-state index >= 15 is 0 Å². The van der Waals surface area contributed by atoms with Crippen molar-refractivity contribution in [1.82, 2.24) is 24.2 Å². The fourth-order valence-electron chi connectivity index (χ4n) is 3.84. The lowest BCUT2D eigenvalue weighted by molar-refractivity contribution is 0.185. The third-order valence-corrected chi connectivity index (χ3v) is 5.41. The fourth-order valence-corrected chi connectivity index (χ4v) is 3.84. The van der Waals surface area contributed by atoms with Crippen LogP contribution in [0.5, 0.6) is 0 Å². The summed E-state index contributed by atoms with van der Waals surface area (Å²) in [6.07, 6.45) is 1.75. The molecule has 0 N–H and O–H groups in total. The van der Waals surface area contributed by atoms with Gasteiger partial charge in [-0.2, -0.15) is 9.78 Å². The van der Waals surface area contributed by atoms with E-state index in [4.69, 9.17) is 19.7 Å². The first kappa shape index (κ1) is 20.0. The van der Waals surface area contributed by atoms with E-state index in [0.717, 1.165) is 16.6 Å². The van der Waals surface area contributed by atoms with Crippen molar-refractivity contribution in [3.63, 3.8) is 0 Å². The molecule has 0 atom stereocenters. The van der Waals surface area contributed by atoms with Crippen LogP contribution in [-0.4, -0.2) is 44.1 Å². The molecule has 5 rings (SSSR count). The first-order valence-corrected chi connectivity index (χ1v) is 10.3. The van der Waals surface area contributed by atoms with Crippen LogP contribution in [0.3, 0.4) is 0 Å². The number of benzene rings is 2. The number of rotatable bonds is 5. The average Bonchev–Trinajstić information content (AvgIpc) is 3.08. The quantitative estimate of drug-likeness (QED) is 0.402. The Kier molecular flexibility index (Phi) is 4.99. The summed E-state index contributed by atoms with van der Waals surface area (Å²) in [5, 5.41) is 5.07. The predicted molar refractivity (Wildman–Crippen MR) is 125 cm³/mol. The number of hydrogen-bond acceptors (Lipinski definition) is 6. The second-order valence-corrected chi connectivity index (χ2v) is 7.66. The number of ether oxygens (including phenoxy) is 1. The van der Waals surface area contributed by atoms with Gasteiger partial charge in [0.15, 0.2) is 11.3 Å². The molecule has 32 heavy (non-hydrogen) atoms. The highest BCUT2D eigenvalue weighted by molar-refractivity contribution is 6.05. The topological polar surface area (TPSA) is 87.2 Å². The zero-order valence-corrected chi connectivity index (χ0v) is 18.1. The minimum absolute atomic E-state index is 0.177. The Morgan fingerprint density at radius 3 is 2.53 bits per heavy atom. The highest BCUT2D eigenvalue weighted by Gasteiger charge is 2.21.